The summed E-state index contributed by atoms with van der Waals surface area (Å²) in [5.74, 6) is 0.778. The highest BCUT2D eigenvalue weighted by molar-refractivity contribution is 4.99. The smallest absolute Gasteiger partial charge is 0.0115 e. The van der Waals surface area contributed by atoms with Gasteiger partial charge >= 0.3 is 0 Å². The summed E-state index contributed by atoms with van der Waals surface area (Å²) < 4.78 is 0. The molecule has 0 bridgehead atoms. The molecule has 1 saturated carbocycles. The Hall–Kier alpha value is -0.460. The summed E-state index contributed by atoms with van der Waals surface area (Å²) in [5.41, 5.74) is 1.26. The lowest BCUT2D eigenvalue weighted by Crippen LogP contribution is -2.16. The van der Waals surface area contributed by atoms with E-state index in [0.29, 0.717) is 0 Å². The molecule has 1 heteroatoms. The molecule has 0 aliphatic heterocycles. The van der Waals surface area contributed by atoms with E-state index in [0.717, 1.165) is 12.5 Å². The van der Waals surface area contributed by atoms with E-state index in [1.807, 2.05) is 0 Å². The minimum absolute atomic E-state index is 0.778. The Morgan fingerprint density at radius 1 is 1.50 bits per heavy atom. The third kappa shape index (κ3) is 1.76. The topological polar surface area (TPSA) is 12.0 Å². The third-order valence-electron chi connectivity index (χ3n) is 2.25. The van der Waals surface area contributed by atoms with Gasteiger partial charge in [0.05, 0.1) is 0 Å². The van der Waals surface area contributed by atoms with Crippen LogP contribution in [0.3, 0.4) is 0 Å². The molecule has 1 aliphatic carbocycles. The van der Waals surface area contributed by atoms with Crippen LogP contribution in [0.5, 0.6) is 0 Å². The van der Waals surface area contributed by atoms with E-state index in [-0.39, 0.29) is 0 Å². The highest BCUT2D eigenvalue weighted by atomic mass is 14.9. The first-order chi connectivity index (χ1) is 4.84. The second-order valence-corrected chi connectivity index (χ2v) is 3.04. The zero-order chi connectivity index (χ0) is 7.40. The van der Waals surface area contributed by atoms with E-state index in [9.17, 15) is 0 Å². The molecule has 1 fully saturated rings. The van der Waals surface area contributed by atoms with Gasteiger partial charge in [-0.25, -0.2) is 0 Å². The minimum Gasteiger partial charge on any atom is -0.389 e. The minimum atomic E-state index is 0.778. The number of nitrogens with one attached hydrogen (secondary N) is 1. The summed E-state index contributed by atoms with van der Waals surface area (Å²) in [6.45, 7) is 7.16. The van der Waals surface area contributed by atoms with Gasteiger partial charge in [-0.3, -0.25) is 0 Å². The first-order valence-electron chi connectivity index (χ1n) is 4.27. The molecule has 1 aliphatic rings. The first-order valence-corrected chi connectivity index (χ1v) is 4.27. The van der Waals surface area contributed by atoms with E-state index >= 15 is 0 Å². The molecule has 0 saturated heterocycles. The van der Waals surface area contributed by atoms with Gasteiger partial charge in [-0.1, -0.05) is 19.4 Å². The predicted octanol–water partition coefficient (Wildman–Crippen LogP) is 2.30. The molecule has 1 rings (SSSR count). The lowest BCUT2D eigenvalue weighted by molar-refractivity contribution is 0.587. The SMILES string of the molecule is C=C(NCC)C1CCCC1. The molecule has 0 spiro atoms. The van der Waals surface area contributed by atoms with E-state index < -0.39 is 0 Å². The van der Waals surface area contributed by atoms with Crippen molar-refractivity contribution in [2.45, 2.75) is 32.6 Å². The predicted molar refractivity (Wildman–Crippen MR) is 44.8 cm³/mol. The van der Waals surface area contributed by atoms with Crippen LogP contribution in [-0.2, 0) is 0 Å². The van der Waals surface area contributed by atoms with Crippen LogP contribution in [0.25, 0.3) is 0 Å². The summed E-state index contributed by atoms with van der Waals surface area (Å²) >= 11 is 0. The van der Waals surface area contributed by atoms with Crippen LogP contribution in [0.1, 0.15) is 32.6 Å². The van der Waals surface area contributed by atoms with Crippen LogP contribution in [0.15, 0.2) is 12.3 Å². The average molecular weight is 139 g/mol. The summed E-state index contributed by atoms with van der Waals surface area (Å²) in [6.07, 6.45) is 5.50. The van der Waals surface area contributed by atoms with Crippen molar-refractivity contribution in [3.05, 3.63) is 12.3 Å². The van der Waals surface area contributed by atoms with Crippen molar-refractivity contribution in [3.63, 3.8) is 0 Å². The van der Waals surface area contributed by atoms with Gasteiger partial charge in [0.25, 0.3) is 0 Å². The fraction of sp³-hybridized carbons (Fsp3) is 0.778. The molecule has 0 radical (unpaired) electrons. The second kappa shape index (κ2) is 3.65. The molecular weight excluding hydrogens is 122 g/mol. The number of allylic oxidation sites excluding steroid dienone is 1. The fourth-order valence-electron chi connectivity index (χ4n) is 1.65. The monoisotopic (exact) mass is 139 g/mol. The Kier molecular flexibility index (Phi) is 2.79. The highest BCUT2D eigenvalue weighted by Crippen LogP contribution is 2.28. The molecule has 0 atom stereocenters. The van der Waals surface area contributed by atoms with Crippen LogP contribution in [0.4, 0.5) is 0 Å². The molecule has 0 unspecified atom stereocenters. The van der Waals surface area contributed by atoms with Crippen molar-refractivity contribution in [1.82, 2.24) is 5.32 Å². The lowest BCUT2D eigenvalue weighted by Gasteiger charge is -2.13. The first kappa shape index (κ1) is 7.64. The Morgan fingerprint density at radius 3 is 2.60 bits per heavy atom. The normalized spacial score (nSPS) is 19.3. The molecular formula is C9H17N. The molecule has 1 nitrogen and oxygen atoms in total. The fourth-order valence-corrected chi connectivity index (χ4v) is 1.65. The number of hydrogen-bond donors (Lipinski definition) is 1. The van der Waals surface area contributed by atoms with E-state index in [1.54, 1.807) is 0 Å². The van der Waals surface area contributed by atoms with Gasteiger partial charge in [0.2, 0.25) is 0 Å². The molecule has 0 aromatic rings. The molecule has 58 valence electrons. The van der Waals surface area contributed by atoms with Gasteiger partial charge in [-0.15, -0.1) is 0 Å². The maximum Gasteiger partial charge on any atom is 0.0115 e. The van der Waals surface area contributed by atoms with Crippen LogP contribution in [0.2, 0.25) is 0 Å². The van der Waals surface area contributed by atoms with Crippen molar-refractivity contribution in [2.24, 2.45) is 5.92 Å². The maximum absolute atomic E-state index is 4.02. The second-order valence-electron chi connectivity index (χ2n) is 3.04. The molecule has 0 heterocycles. The standard InChI is InChI=1S/C9H17N/c1-3-10-8(2)9-6-4-5-7-9/h9-10H,2-7H2,1H3. The van der Waals surface area contributed by atoms with Crippen molar-refractivity contribution < 1.29 is 0 Å². The maximum atomic E-state index is 4.02. The van der Waals surface area contributed by atoms with Gasteiger partial charge < -0.3 is 5.32 Å². The van der Waals surface area contributed by atoms with Crippen LogP contribution >= 0.6 is 0 Å². The summed E-state index contributed by atoms with van der Waals surface area (Å²) in [4.78, 5) is 0. The summed E-state index contributed by atoms with van der Waals surface area (Å²) in [5, 5.41) is 3.29. The van der Waals surface area contributed by atoms with E-state index in [4.69, 9.17) is 0 Å². The van der Waals surface area contributed by atoms with Crippen LogP contribution in [-0.4, -0.2) is 6.54 Å². The van der Waals surface area contributed by atoms with Crippen LogP contribution in [0, 0.1) is 5.92 Å². The summed E-state index contributed by atoms with van der Waals surface area (Å²) in [6, 6.07) is 0. The van der Waals surface area contributed by atoms with Gasteiger partial charge in [-0.05, 0) is 25.7 Å². The molecule has 0 amide bonds. The zero-order valence-electron chi connectivity index (χ0n) is 6.82. The van der Waals surface area contributed by atoms with E-state index in [2.05, 4.69) is 18.8 Å². The van der Waals surface area contributed by atoms with Crippen molar-refractivity contribution >= 4 is 0 Å². The molecule has 1 N–H and O–H groups in total. The summed E-state index contributed by atoms with van der Waals surface area (Å²) in [7, 11) is 0. The van der Waals surface area contributed by atoms with Crippen LogP contribution < -0.4 is 5.32 Å². The molecule has 0 aromatic heterocycles. The molecule has 0 aromatic carbocycles. The van der Waals surface area contributed by atoms with Crippen molar-refractivity contribution in [3.8, 4) is 0 Å². The Morgan fingerprint density at radius 2 is 2.10 bits per heavy atom. The Labute approximate surface area is 63.5 Å². The van der Waals surface area contributed by atoms with Crippen molar-refractivity contribution in [1.29, 1.82) is 0 Å². The average Bonchev–Trinajstić information content (AvgIpc) is 2.38. The third-order valence-corrected chi connectivity index (χ3v) is 2.25. The number of rotatable bonds is 3. The number of hydrogen-bond acceptors (Lipinski definition) is 1. The van der Waals surface area contributed by atoms with Gasteiger partial charge in [0.15, 0.2) is 0 Å². The Balaban J connectivity index is 2.25. The van der Waals surface area contributed by atoms with Gasteiger partial charge in [0.1, 0.15) is 0 Å². The highest BCUT2D eigenvalue weighted by Gasteiger charge is 2.16. The largest absolute Gasteiger partial charge is 0.389 e. The van der Waals surface area contributed by atoms with E-state index in [1.165, 1.54) is 31.4 Å². The molecule has 10 heavy (non-hydrogen) atoms. The quantitative estimate of drug-likeness (QED) is 0.632. The van der Waals surface area contributed by atoms with Gasteiger partial charge in [-0.2, -0.15) is 0 Å². The zero-order valence-corrected chi connectivity index (χ0v) is 6.82. The lowest BCUT2D eigenvalue weighted by atomic mass is 10.1. The Bertz CT molecular complexity index is 112. The van der Waals surface area contributed by atoms with Gasteiger partial charge in [0, 0.05) is 12.2 Å². The van der Waals surface area contributed by atoms with Crippen molar-refractivity contribution in [2.75, 3.05) is 6.54 Å².